The molecule has 0 aromatic heterocycles. The van der Waals surface area contributed by atoms with Crippen LogP contribution in [0.1, 0.15) is 87.0 Å². The van der Waals surface area contributed by atoms with Crippen molar-refractivity contribution >= 4 is 11.9 Å². The zero-order valence-electron chi connectivity index (χ0n) is 20.7. The SMILES string of the molecule is C=CC(C(=O)OCC(=O)OC(C)(C)C12CC3CC(C1)C1CC1(C3)C2)(C(C)C)C(C)(C)C. The molecule has 31 heavy (non-hydrogen) atoms. The van der Waals surface area contributed by atoms with E-state index in [1.165, 1.54) is 38.5 Å². The standard InChI is InChI=1S/C27H42O4/c1-9-27(17(2)3,23(4,5)6)22(29)30-15-21(28)31-24(7,8)26-12-18-10-19(13-26)20-14-25(20,11-18)16-26/h9,17-20H,1,10-16H2,2-8H3. The topological polar surface area (TPSA) is 52.6 Å². The van der Waals surface area contributed by atoms with E-state index in [1.807, 2.05) is 34.6 Å². The minimum Gasteiger partial charge on any atom is -0.457 e. The van der Waals surface area contributed by atoms with Crippen LogP contribution in [0, 0.1) is 45.3 Å². The minimum atomic E-state index is -0.858. The molecule has 5 saturated carbocycles. The lowest BCUT2D eigenvalue weighted by atomic mass is 9.45. The molecule has 0 heterocycles. The van der Waals surface area contributed by atoms with Crippen molar-refractivity contribution in [3.8, 4) is 0 Å². The zero-order valence-corrected chi connectivity index (χ0v) is 20.7. The third-order valence-electron chi connectivity index (χ3n) is 9.95. The second-order valence-electron chi connectivity index (χ2n) is 13.1. The summed E-state index contributed by atoms with van der Waals surface area (Å²) in [7, 11) is 0. The number of esters is 2. The lowest BCUT2D eigenvalue weighted by Crippen LogP contribution is -2.58. The molecule has 0 saturated heterocycles. The first-order chi connectivity index (χ1) is 14.2. The predicted octanol–water partition coefficient (Wildman–Crippen LogP) is 5.94. The van der Waals surface area contributed by atoms with E-state index in [-0.39, 0.29) is 23.4 Å². The van der Waals surface area contributed by atoms with Gasteiger partial charge < -0.3 is 9.47 Å². The van der Waals surface area contributed by atoms with Gasteiger partial charge in [-0.1, -0.05) is 40.7 Å². The van der Waals surface area contributed by atoms with E-state index in [0.29, 0.717) is 5.41 Å². The van der Waals surface area contributed by atoms with Crippen molar-refractivity contribution < 1.29 is 19.1 Å². The van der Waals surface area contributed by atoms with Crippen LogP contribution < -0.4 is 0 Å². The number of ether oxygens (including phenoxy) is 2. The highest BCUT2D eigenvalue weighted by molar-refractivity contribution is 5.83. The van der Waals surface area contributed by atoms with E-state index in [9.17, 15) is 9.59 Å². The van der Waals surface area contributed by atoms with Gasteiger partial charge in [0, 0.05) is 5.41 Å². The molecule has 5 rings (SSSR count). The highest BCUT2D eigenvalue weighted by atomic mass is 16.6. The fraction of sp³-hybridized carbons (Fsp3) is 0.852. The van der Waals surface area contributed by atoms with Crippen LogP contribution in [0.25, 0.3) is 0 Å². The molecule has 0 aromatic rings. The summed E-state index contributed by atoms with van der Waals surface area (Å²) < 4.78 is 11.6. The molecule has 1 spiro atoms. The molecule has 4 nitrogen and oxygen atoms in total. The molecule has 4 bridgehead atoms. The molecular formula is C27H42O4. The number of hydrogen-bond donors (Lipinski definition) is 0. The molecule has 0 N–H and O–H groups in total. The average molecular weight is 431 g/mol. The predicted molar refractivity (Wildman–Crippen MR) is 121 cm³/mol. The molecule has 6 unspecified atom stereocenters. The second-order valence-corrected chi connectivity index (χ2v) is 13.1. The summed E-state index contributed by atoms with van der Waals surface area (Å²) in [6, 6.07) is 0. The van der Waals surface area contributed by atoms with Crippen LogP contribution in [-0.2, 0) is 19.1 Å². The van der Waals surface area contributed by atoms with E-state index >= 15 is 0 Å². The average Bonchev–Trinajstić information content (AvgIpc) is 3.32. The maximum atomic E-state index is 13.1. The van der Waals surface area contributed by atoms with Gasteiger partial charge in [-0.3, -0.25) is 4.79 Å². The van der Waals surface area contributed by atoms with Crippen LogP contribution in [0.15, 0.2) is 12.7 Å². The summed E-state index contributed by atoms with van der Waals surface area (Å²) in [5, 5.41) is 0. The van der Waals surface area contributed by atoms with Crippen LogP contribution in [0.2, 0.25) is 0 Å². The Kier molecular flexibility index (Phi) is 5.04. The number of rotatable bonds is 7. The minimum absolute atomic E-state index is 0.00253. The van der Waals surface area contributed by atoms with E-state index in [4.69, 9.17) is 9.47 Å². The quantitative estimate of drug-likeness (QED) is 0.370. The van der Waals surface area contributed by atoms with Gasteiger partial charge in [-0.2, -0.15) is 0 Å². The third-order valence-corrected chi connectivity index (χ3v) is 9.95. The van der Waals surface area contributed by atoms with E-state index < -0.39 is 23.0 Å². The summed E-state index contributed by atoms with van der Waals surface area (Å²) in [6.45, 7) is 17.8. The highest BCUT2D eigenvalue weighted by Crippen LogP contribution is 2.80. The lowest BCUT2D eigenvalue weighted by Gasteiger charge is -2.61. The Bertz CT molecular complexity index is 790. The maximum Gasteiger partial charge on any atom is 0.344 e. The van der Waals surface area contributed by atoms with Gasteiger partial charge >= 0.3 is 11.9 Å². The number of hydrogen-bond acceptors (Lipinski definition) is 4. The van der Waals surface area contributed by atoms with Crippen LogP contribution in [0.3, 0.4) is 0 Å². The van der Waals surface area contributed by atoms with Gasteiger partial charge in [0.15, 0.2) is 6.61 Å². The first-order valence-corrected chi connectivity index (χ1v) is 12.2. The van der Waals surface area contributed by atoms with Crippen LogP contribution in [0.4, 0.5) is 0 Å². The first-order valence-electron chi connectivity index (χ1n) is 12.2. The summed E-state index contributed by atoms with van der Waals surface area (Å²) >= 11 is 0. The number of carbonyl (C=O) groups is 2. The Morgan fingerprint density at radius 2 is 1.77 bits per heavy atom. The summed E-state index contributed by atoms with van der Waals surface area (Å²) in [4.78, 5) is 26.0. The largest absolute Gasteiger partial charge is 0.457 e. The van der Waals surface area contributed by atoms with E-state index in [0.717, 1.165) is 17.8 Å². The van der Waals surface area contributed by atoms with Gasteiger partial charge in [0.1, 0.15) is 5.60 Å². The molecule has 5 aliphatic rings. The van der Waals surface area contributed by atoms with Gasteiger partial charge in [-0.15, -0.1) is 6.58 Å². The van der Waals surface area contributed by atoms with Gasteiger partial charge in [-0.05, 0) is 86.9 Å². The molecule has 6 atom stereocenters. The van der Waals surface area contributed by atoms with Gasteiger partial charge in [0.25, 0.3) is 0 Å². The molecule has 0 amide bonds. The molecule has 4 heteroatoms. The van der Waals surface area contributed by atoms with Crippen molar-refractivity contribution in [1.82, 2.24) is 0 Å². The van der Waals surface area contributed by atoms with Crippen molar-refractivity contribution in [3.05, 3.63) is 12.7 Å². The van der Waals surface area contributed by atoms with Crippen molar-refractivity contribution in [3.63, 3.8) is 0 Å². The first kappa shape index (κ1) is 22.9. The summed E-state index contributed by atoms with van der Waals surface area (Å²) in [5.41, 5.74) is -1.13. The van der Waals surface area contributed by atoms with Crippen LogP contribution >= 0.6 is 0 Å². The third kappa shape index (κ3) is 3.22. The fourth-order valence-electron chi connectivity index (χ4n) is 8.55. The van der Waals surface area contributed by atoms with E-state index in [1.54, 1.807) is 6.08 Å². The van der Waals surface area contributed by atoms with Crippen LogP contribution in [0.5, 0.6) is 0 Å². The highest BCUT2D eigenvalue weighted by Gasteiger charge is 2.73. The van der Waals surface area contributed by atoms with Gasteiger partial charge in [0.05, 0.1) is 5.41 Å². The molecule has 0 aliphatic heterocycles. The molecule has 5 fully saturated rings. The second kappa shape index (κ2) is 6.84. The normalized spacial score (nSPS) is 37.7. The maximum absolute atomic E-state index is 13.1. The number of carbonyl (C=O) groups excluding carboxylic acids is 2. The fourth-order valence-corrected chi connectivity index (χ4v) is 8.55. The Labute approximate surface area is 188 Å². The van der Waals surface area contributed by atoms with Crippen LogP contribution in [-0.4, -0.2) is 24.1 Å². The Morgan fingerprint density at radius 1 is 1.10 bits per heavy atom. The van der Waals surface area contributed by atoms with Crippen molar-refractivity contribution in [2.45, 2.75) is 92.6 Å². The molecule has 5 aliphatic carbocycles. The lowest BCUT2D eigenvalue weighted by molar-refractivity contribution is -0.205. The molecule has 0 aromatic carbocycles. The Balaban J connectivity index is 1.42. The van der Waals surface area contributed by atoms with Crippen molar-refractivity contribution in [2.24, 2.45) is 45.3 Å². The monoisotopic (exact) mass is 430 g/mol. The summed E-state index contributed by atoms with van der Waals surface area (Å²) in [5.74, 6) is 1.73. The van der Waals surface area contributed by atoms with Gasteiger partial charge in [0.2, 0.25) is 0 Å². The smallest absolute Gasteiger partial charge is 0.344 e. The van der Waals surface area contributed by atoms with Crippen molar-refractivity contribution in [2.75, 3.05) is 6.61 Å². The Morgan fingerprint density at radius 3 is 2.32 bits per heavy atom. The summed E-state index contributed by atoms with van der Waals surface area (Å²) in [6.07, 6.45) is 9.42. The van der Waals surface area contributed by atoms with Gasteiger partial charge in [-0.25, -0.2) is 4.79 Å². The van der Waals surface area contributed by atoms with Crippen molar-refractivity contribution in [1.29, 1.82) is 0 Å². The molecule has 174 valence electrons. The molecule has 0 radical (unpaired) electrons. The zero-order chi connectivity index (χ0) is 23.0. The Hall–Kier alpha value is -1.32. The van der Waals surface area contributed by atoms with E-state index in [2.05, 4.69) is 20.4 Å². The molecular weight excluding hydrogens is 388 g/mol.